The molecule has 1 saturated carbocycles. The van der Waals surface area contributed by atoms with Crippen molar-refractivity contribution in [1.29, 1.82) is 0 Å². The highest BCUT2D eigenvalue weighted by Gasteiger charge is 2.28. The third-order valence-electron chi connectivity index (χ3n) is 3.86. The Hall–Kier alpha value is -0.500. The zero-order valence-corrected chi connectivity index (χ0v) is 10.7. The average Bonchev–Trinajstić information content (AvgIpc) is 2.27. The first kappa shape index (κ1) is 12.0. The molecular weight excluding hydrogens is 198 g/mol. The molecule has 1 N–H and O–H groups in total. The molecule has 16 heavy (non-hydrogen) atoms. The fourth-order valence-corrected chi connectivity index (χ4v) is 2.91. The van der Waals surface area contributed by atoms with Crippen LogP contribution in [0.2, 0.25) is 0 Å². The molecular formula is C14H25NO. The predicted octanol–water partition coefficient (Wildman–Crippen LogP) is 3.24. The predicted molar refractivity (Wildman–Crippen MR) is 67.3 cm³/mol. The Kier molecular flexibility index (Phi) is 3.91. The van der Waals surface area contributed by atoms with Crippen molar-refractivity contribution in [2.24, 2.45) is 5.41 Å². The van der Waals surface area contributed by atoms with Crippen molar-refractivity contribution in [2.45, 2.75) is 64.5 Å². The Morgan fingerprint density at radius 1 is 1.38 bits per heavy atom. The molecule has 0 aromatic rings. The molecule has 1 fully saturated rings. The summed E-state index contributed by atoms with van der Waals surface area (Å²) in [5.74, 6) is 0. The topological polar surface area (TPSA) is 21.3 Å². The quantitative estimate of drug-likeness (QED) is 0.793. The van der Waals surface area contributed by atoms with Crippen LogP contribution in [0.1, 0.15) is 52.4 Å². The summed E-state index contributed by atoms with van der Waals surface area (Å²) in [6.45, 7) is 5.80. The lowest BCUT2D eigenvalue weighted by molar-refractivity contribution is 0.110. The third kappa shape index (κ3) is 3.51. The van der Waals surface area contributed by atoms with Crippen LogP contribution in [0.4, 0.5) is 0 Å². The van der Waals surface area contributed by atoms with Crippen LogP contribution >= 0.6 is 0 Å². The summed E-state index contributed by atoms with van der Waals surface area (Å²) < 4.78 is 5.58. The molecule has 2 nitrogen and oxygen atoms in total. The van der Waals surface area contributed by atoms with Gasteiger partial charge in [-0.2, -0.15) is 0 Å². The largest absolute Gasteiger partial charge is 0.497 e. The first-order chi connectivity index (χ1) is 7.66. The van der Waals surface area contributed by atoms with Gasteiger partial charge < -0.3 is 10.1 Å². The fraction of sp³-hybridized carbons (Fsp3) is 0.857. The zero-order valence-electron chi connectivity index (χ0n) is 10.7. The molecule has 92 valence electrons. The van der Waals surface area contributed by atoms with Crippen molar-refractivity contribution >= 4 is 0 Å². The number of allylic oxidation sites excluding steroid dienone is 1. The Morgan fingerprint density at radius 2 is 2.25 bits per heavy atom. The van der Waals surface area contributed by atoms with Gasteiger partial charge in [-0.05, 0) is 43.6 Å². The van der Waals surface area contributed by atoms with E-state index in [4.69, 9.17) is 4.74 Å². The molecule has 0 saturated heterocycles. The van der Waals surface area contributed by atoms with Crippen LogP contribution in [-0.2, 0) is 4.74 Å². The average molecular weight is 223 g/mol. The van der Waals surface area contributed by atoms with Gasteiger partial charge in [0.25, 0.3) is 0 Å². The number of hydrogen-bond acceptors (Lipinski definition) is 2. The van der Waals surface area contributed by atoms with Crippen LogP contribution < -0.4 is 5.32 Å². The van der Waals surface area contributed by atoms with Crippen LogP contribution in [0.3, 0.4) is 0 Å². The van der Waals surface area contributed by atoms with Gasteiger partial charge >= 0.3 is 0 Å². The summed E-state index contributed by atoms with van der Waals surface area (Å²) in [6, 6.07) is 0.707. The van der Waals surface area contributed by atoms with Gasteiger partial charge in [0.1, 0.15) is 6.10 Å². The summed E-state index contributed by atoms with van der Waals surface area (Å²) in [5.41, 5.74) is 0.531. The van der Waals surface area contributed by atoms with E-state index in [0.717, 1.165) is 6.54 Å². The summed E-state index contributed by atoms with van der Waals surface area (Å²) in [4.78, 5) is 0. The fourth-order valence-electron chi connectivity index (χ4n) is 2.91. The Morgan fingerprint density at radius 3 is 2.94 bits per heavy atom. The van der Waals surface area contributed by atoms with E-state index in [0.29, 0.717) is 17.6 Å². The maximum atomic E-state index is 5.58. The highest BCUT2D eigenvalue weighted by molar-refractivity contribution is 4.86. The number of nitrogens with one attached hydrogen (secondary N) is 1. The van der Waals surface area contributed by atoms with E-state index in [1.165, 1.54) is 38.5 Å². The maximum absolute atomic E-state index is 5.58. The van der Waals surface area contributed by atoms with Crippen molar-refractivity contribution in [2.75, 3.05) is 6.54 Å². The first-order valence-corrected chi connectivity index (χ1v) is 6.70. The van der Waals surface area contributed by atoms with Crippen LogP contribution in [-0.4, -0.2) is 18.7 Å². The van der Waals surface area contributed by atoms with Crippen LogP contribution in [0, 0.1) is 5.41 Å². The summed E-state index contributed by atoms with van der Waals surface area (Å²) in [5, 5.41) is 3.69. The second kappa shape index (κ2) is 5.22. The Balaban J connectivity index is 1.71. The van der Waals surface area contributed by atoms with Gasteiger partial charge in [0.15, 0.2) is 0 Å². The third-order valence-corrected chi connectivity index (χ3v) is 3.86. The van der Waals surface area contributed by atoms with E-state index in [2.05, 4.69) is 25.2 Å². The Bertz CT molecular complexity index is 247. The van der Waals surface area contributed by atoms with Crippen molar-refractivity contribution in [3.8, 4) is 0 Å². The molecule has 2 heteroatoms. The molecule has 0 bridgehead atoms. The molecule has 2 unspecified atom stereocenters. The molecule has 1 aliphatic heterocycles. The van der Waals surface area contributed by atoms with Gasteiger partial charge in [0, 0.05) is 12.6 Å². The zero-order chi connectivity index (χ0) is 11.4. The molecule has 0 aromatic heterocycles. The van der Waals surface area contributed by atoms with Gasteiger partial charge in [0.05, 0.1) is 6.26 Å². The smallest absolute Gasteiger partial charge is 0.110 e. The minimum absolute atomic E-state index is 0.398. The van der Waals surface area contributed by atoms with Gasteiger partial charge in [-0.3, -0.25) is 0 Å². The van der Waals surface area contributed by atoms with Crippen molar-refractivity contribution in [3.63, 3.8) is 0 Å². The maximum Gasteiger partial charge on any atom is 0.110 e. The summed E-state index contributed by atoms with van der Waals surface area (Å²) in [7, 11) is 0. The lowest BCUT2D eigenvalue weighted by Crippen LogP contribution is -2.41. The van der Waals surface area contributed by atoms with E-state index >= 15 is 0 Å². The van der Waals surface area contributed by atoms with Gasteiger partial charge in [0.2, 0.25) is 0 Å². The molecule has 0 spiro atoms. The van der Waals surface area contributed by atoms with Crippen LogP contribution in [0.5, 0.6) is 0 Å². The van der Waals surface area contributed by atoms with Crippen LogP contribution in [0.25, 0.3) is 0 Å². The lowest BCUT2D eigenvalue weighted by atomic mass is 9.75. The molecule has 1 heterocycles. The monoisotopic (exact) mass is 223 g/mol. The molecule has 0 aromatic carbocycles. The molecule has 2 atom stereocenters. The highest BCUT2D eigenvalue weighted by atomic mass is 16.5. The summed E-state index contributed by atoms with van der Waals surface area (Å²) in [6.07, 6.45) is 12.1. The van der Waals surface area contributed by atoms with E-state index in [9.17, 15) is 0 Å². The number of ether oxygens (including phenoxy) is 1. The minimum atomic E-state index is 0.398. The van der Waals surface area contributed by atoms with E-state index in [1.807, 2.05) is 6.26 Å². The van der Waals surface area contributed by atoms with Crippen molar-refractivity contribution in [1.82, 2.24) is 5.32 Å². The molecule has 0 radical (unpaired) electrons. The molecule has 0 amide bonds. The van der Waals surface area contributed by atoms with E-state index in [1.54, 1.807) is 0 Å². The second-order valence-electron chi connectivity index (χ2n) is 6.07. The lowest BCUT2D eigenvalue weighted by Gasteiger charge is -2.36. The van der Waals surface area contributed by atoms with Crippen molar-refractivity contribution in [3.05, 3.63) is 12.3 Å². The van der Waals surface area contributed by atoms with Gasteiger partial charge in [-0.15, -0.1) is 0 Å². The van der Waals surface area contributed by atoms with Crippen LogP contribution in [0.15, 0.2) is 12.3 Å². The normalized spacial score (nSPS) is 33.4. The molecule has 1 aliphatic carbocycles. The molecule has 2 rings (SSSR count). The first-order valence-electron chi connectivity index (χ1n) is 6.70. The summed E-state index contributed by atoms with van der Waals surface area (Å²) >= 11 is 0. The van der Waals surface area contributed by atoms with Crippen molar-refractivity contribution < 1.29 is 4.74 Å². The standard InChI is InChI=1S/C14H25NO/c1-14(2)8-5-6-12(10-14)15-11-13-7-3-4-9-16-13/h4,9,12-13,15H,3,5-8,10-11H2,1-2H3. The number of rotatable bonds is 3. The SMILES string of the molecule is CC1(C)CCCC(NCC2CCC=CO2)C1. The van der Waals surface area contributed by atoms with E-state index < -0.39 is 0 Å². The van der Waals surface area contributed by atoms with E-state index in [-0.39, 0.29) is 0 Å². The second-order valence-corrected chi connectivity index (χ2v) is 6.07. The minimum Gasteiger partial charge on any atom is -0.497 e. The Labute approximate surface area is 99.4 Å². The molecule has 2 aliphatic rings. The van der Waals surface area contributed by atoms with Gasteiger partial charge in [-0.1, -0.05) is 20.3 Å². The highest BCUT2D eigenvalue weighted by Crippen LogP contribution is 2.35. The number of hydrogen-bond donors (Lipinski definition) is 1. The van der Waals surface area contributed by atoms with Gasteiger partial charge in [-0.25, -0.2) is 0 Å².